The van der Waals surface area contributed by atoms with Crippen LogP contribution < -0.4 is 0 Å². The van der Waals surface area contributed by atoms with Gasteiger partial charge >= 0.3 is 5.97 Å². The fourth-order valence-corrected chi connectivity index (χ4v) is 2.65. The summed E-state index contributed by atoms with van der Waals surface area (Å²) in [4.78, 5) is 20.0. The molecular weight excluding hydrogens is 272 g/mol. The first kappa shape index (κ1) is 13.8. The zero-order chi connectivity index (χ0) is 15.0. The van der Waals surface area contributed by atoms with E-state index >= 15 is 0 Å². The van der Waals surface area contributed by atoms with Crippen LogP contribution in [0.3, 0.4) is 0 Å². The Morgan fingerprint density at radius 2 is 2.05 bits per heavy atom. The van der Waals surface area contributed by atoms with Crippen molar-refractivity contribution in [2.24, 2.45) is 0 Å². The molecule has 0 radical (unpaired) electrons. The van der Waals surface area contributed by atoms with Gasteiger partial charge < -0.3 is 15.1 Å². The normalized spacial score (nSPS) is 17.4. The average Bonchev–Trinajstić information content (AvgIpc) is 2.82. The highest BCUT2D eigenvalue weighted by molar-refractivity contribution is 5.95. The number of nitrogens with zero attached hydrogens (tertiary/aromatic N) is 4. The quantitative estimate of drug-likeness (QED) is 0.856. The van der Waals surface area contributed by atoms with Crippen molar-refractivity contribution in [1.29, 1.82) is 0 Å². The first-order chi connectivity index (χ1) is 10.1. The molecule has 0 spiro atoms. The van der Waals surface area contributed by atoms with E-state index in [0.29, 0.717) is 12.4 Å². The monoisotopic (exact) mass is 290 g/mol. The highest BCUT2D eigenvalue weighted by atomic mass is 16.4. The van der Waals surface area contributed by atoms with Crippen molar-refractivity contribution in [2.75, 3.05) is 33.2 Å². The molecule has 0 unspecified atom stereocenters. The van der Waals surface area contributed by atoms with Crippen LogP contribution in [0, 0.1) is 0 Å². The molecule has 7 heteroatoms. The molecule has 2 aromatic heterocycles. The Balaban J connectivity index is 1.95. The molecule has 1 aliphatic heterocycles. The molecule has 0 aliphatic carbocycles. The van der Waals surface area contributed by atoms with E-state index in [1.54, 1.807) is 16.7 Å². The van der Waals surface area contributed by atoms with E-state index < -0.39 is 5.97 Å². The standard InChI is InChI=1S/C14H18N4O3/c1-16-5-7-17(8-6-16)9-11-15-12(14(20)21)13-10(19)3-2-4-18(11)13/h2-4,19H,5-9H2,1H3,(H,20,21). The van der Waals surface area contributed by atoms with Crippen LogP contribution in [0.2, 0.25) is 0 Å². The van der Waals surface area contributed by atoms with Gasteiger partial charge in [0.2, 0.25) is 0 Å². The zero-order valence-electron chi connectivity index (χ0n) is 11.9. The fraction of sp³-hybridized carbons (Fsp3) is 0.429. The van der Waals surface area contributed by atoms with Crippen molar-refractivity contribution >= 4 is 11.5 Å². The van der Waals surface area contributed by atoms with Gasteiger partial charge in [0.1, 0.15) is 17.1 Å². The number of aromatic nitrogens is 2. The summed E-state index contributed by atoms with van der Waals surface area (Å²) < 4.78 is 1.66. The van der Waals surface area contributed by atoms with Crippen LogP contribution in [0.25, 0.3) is 5.52 Å². The maximum atomic E-state index is 11.3. The van der Waals surface area contributed by atoms with Crippen LogP contribution in [0.1, 0.15) is 16.3 Å². The molecule has 3 rings (SSSR count). The van der Waals surface area contributed by atoms with E-state index in [1.807, 2.05) is 0 Å². The summed E-state index contributed by atoms with van der Waals surface area (Å²) in [5.74, 6) is -0.548. The highest BCUT2D eigenvalue weighted by Gasteiger charge is 2.22. The Bertz CT molecular complexity index is 674. The zero-order valence-corrected chi connectivity index (χ0v) is 11.9. The Kier molecular flexibility index (Phi) is 3.52. The molecule has 2 N–H and O–H groups in total. The predicted octanol–water partition coefficient (Wildman–Crippen LogP) is 0.486. The van der Waals surface area contributed by atoms with Crippen molar-refractivity contribution in [3.63, 3.8) is 0 Å². The number of carboxylic acid groups (broad SMARTS) is 1. The number of fused-ring (bicyclic) bond motifs is 1. The number of rotatable bonds is 3. The number of likely N-dealkylation sites (N-methyl/N-ethyl adjacent to an activating group) is 1. The molecule has 1 fully saturated rings. The predicted molar refractivity (Wildman–Crippen MR) is 76.6 cm³/mol. The van der Waals surface area contributed by atoms with Gasteiger partial charge in [0.05, 0.1) is 6.54 Å². The molecule has 2 aromatic rings. The molecule has 0 amide bonds. The molecule has 0 bridgehead atoms. The second-order valence-electron chi connectivity index (χ2n) is 5.37. The third kappa shape index (κ3) is 2.57. The summed E-state index contributed by atoms with van der Waals surface area (Å²) in [6.07, 6.45) is 1.74. The summed E-state index contributed by atoms with van der Waals surface area (Å²) in [5.41, 5.74) is 0.159. The number of aromatic carboxylic acids is 1. The lowest BCUT2D eigenvalue weighted by atomic mass is 10.3. The van der Waals surface area contributed by atoms with Crippen LogP contribution in [0.5, 0.6) is 5.75 Å². The van der Waals surface area contributed by atoms with Crippen molar-refractivity contribution in [1.82, 2.24) is 19.2 Å². The lowest BCUT2D eigenvalue weighted by molar-refractivity contribution is 0.0692. The average molecular weight is 290 g/mol. The summed E-state index contributed by atoms with van der Waals surface area (Å²) in [7, 11) is 2.09. The Labute approximate surface area is 122 Å². The topological polar surface area (TPSA) is 81.3 Å². The van der Waals surface area contributed by atoms with Gasteiger partial charge in [-0.3, -0.25) is 9.30 Å². The minimum Gasteiger partial charge on any atom is -0.506 e. The number of hydrogen-bond donors (Lipinski definition) is 2. The Morgan fingerprint density at radius 1 is 1.33 bits per heavy atom. The summed E-state index contributed by atoms with van der Waals surface area (Å²) in [6, 6.07) is 3.16. The number of carboxylic acids is 1. The van der Waals surface area contributed by atoms with Gasteiger partial charge in [0.25, 0.3) is 0 Å². The van der Waals surface area contributed by atoms with Gasteiger partial charge in [-0.1, -0.05) is 0 Å². The van der Waals surface area contributed by atoms with Gasteiger partial charge in [-0.05, 0) is 19.2 Å². The van der Waals surface area contributed by atoms with Crippen molar-refractivity contribution in [3.05, 3.63) is 29.8 Å². The SMILES string of the molecule is CN1CCN(Cc2nc(C(=O)O)c3c(O)cccn23)CC1. The molecule has 0 atom stereocenters. The van der Waals surface area contributed by atoms with E-state index in [2.05, 4.69) is 21.8 Å². The number of pyridine rings is 1. The maximum Gasteiger partial charge on any atom is 0.356 e. The van der Waals surface area contributed by atoms with Crippen LogP contribution in [-0.2, 0) is 6.54 Å². The van der Waals surface area contributed by atoms with Crippen LogP contribution >= 0.6 is 0 Å². The number of aromatic hydroxyl groups is 1. The number of piperazine rings is 1. The third-order valence-electron chi connectivity index (χ3n) is 3.88. The van der Waals surface area contributed by atoms with Gasteiger partial charge in [0.15, 0.2) is 5.69 Å². The second kappa shape index (κ2) is 5.34. The molecule has 0 aromatic carbocycles. The minimum atomic E-state index is -1.13. The van der Waals surface area contributed by atoms with Crippen molar-refractivity contribution < 1.29 is 15.0 Å². The molecule has 21 heavy (non-hydrogen) atoms. The smallest absolute Gasteiger partial charge is 0.356 e. The Morgan fingerprint density at radius 3 is 2.71 bits per heavy atom. The fourth-order valence-electron chi connectivity index (χ4n) is 2.65. The van der Waals surface area contributed by atoms with Crippen molar-refractivity contribution in [2.45, 2.75) is 6.54 Å². The maximum absolute atomic E-state index is 11.3. The molecule has 112 valence electrons. The highest BCUT2D eigenvalue weighted by Crippen LogP contribution is 2.24. The van der Waals surface area contributed by atoms with Gasteiger partial charge in [0, 0.05) is 32.4 Å². The molecular formula is C14H18N4O3. The van der Waals surface area contributed by atoms with Crippen LogP contribution in [0.15, 0.2) is 18.3 Å². The number of imidazole rings is 1. The number of hydrogen-bond acceptors (Lipinski definition) is 5. The molecule has 1 saturated heterocycles. The van der Waals surface area contributed by atoms with Gasteiger partial charge in [-0.2, -0.15) is 0 Å². The van der Waals surface area contributed by atoms with E-state index in [1.165, 1.54) is 6.07 Å². The lowest BCUT2D eigenvalue weighted by Crippen LogP contribution is -2.44. The largest absolute Gasteiger partial charge is 0.506 e. The number of carbonyl (C=O) groups is 1. The van der Waals surface area contributed by atoms with E-state index in [9.17, 15) is 15.0 Å². The molecule has 0 saturated carbocycles. The van der Waals surface area contributed by atoms with Crippen LogP contribution in [0.4, 0.5) is 0 Å². The summed E-state index contributed by atoms with van der Waals surface area (Å²) >= 11 is 0. The minimum absolute atomic E-state index is 0.0629. The summed E-state index contributed by atoms with van der Waals surface area (Å²) in [5, 5.41) is 19.2. The third-order valence-corrected chi connectivity index (χ3v) is 3.88. The molecule has 7 nitrogen and oxygen atoms in total. The van der Waals surface area contributed by atoms with Gasteiger partial charge in [-0.15, -0.1) is 0 Å². The lowest BCUT2D eigenvalue weighted by Gasteiger charge is -2.31. The van der Waals surface area contributed by atoms with E-state index in [4.69, 9.17) is 0 Å². The van der Waals surface area contributed by atoms with Crippen LogP contribution in [-0.4, -0.2) is 68.6 Å². The molecule has 3 heterocycles. The Hall–Kier alpha value is -2.12. The second-order valence-corrected chi connectivity index (χ2v) is 5.37. The first-order valence-corrected chi connectivity index (χ1v) is 6.89. The summed E-state index contributed by atoms with van der Waals surface area (Å²) in [6.45, 7) is 4.39. The van der Waals surface area contributed by atoms with Crippen molar-refractivity contribution in [3.8, 4) is 5.75 Å². The first-order valence-electron chi connectivity index (χ1n) is 6.89. The van der Waals surface area contributed by atoms with Gasteiger partial charge in [-0.25, -0.2) is 9.78 Å². The molecule has 1 aliphatic rings. The van der Waals surface area contributed by atoms with E-state index in [0.717, 1.165) is 26.2 Å². The van der Waals surface area contributed by atoms with E-state index in [-0.39, 0.29) is 17.0 Å².